The van der Waals surface area contributed by atoms with Crippen molar-refractivity contribution >= 4 is 21.4 Å². The maximum atomic E-state index is 11.8. The molecular formula is C14H13ClO3S. The molecule has 0 radical (unpaired) electrons. The fraction of sp³-hybridized carbons (Fsp3) is 0.143. The molecule has 0 aliphatic heterocycles. The van der Waals surface area contributed by atoms with E-state index in [2.05, 4.69) is 0 Å². The summed E-state index contributed by atoms with van der Waals surface area (Å²) in [4.78, 5) is 0.171. The van der Waals surface area contributed by atoms with Crippen LogP contribution in [0.2, 0.25) is 5.02 Å². The van der Waals surface area contributed by atoms with Crippen LogP contribution in [-0.2, 0) is 9.84 Å². The van der Waals surface area contributed by atoms with Gasteiger partial charge in [-0.25, -0.2) is 8.42 Å². The molecule has 0 saturated heterocycles. The van der Waals surface area contributed by atoms with Crippen LogP contribution in [0.1, 0.15) is 5.56 Å². The fourth-order valence-electron chi connectivity index (χ4n) is 1.89. The predicted octanol–water partition coefficient (Wildman–Crippen LogP) is 3.42. The number of hydrogen-bond acceptors (Lipinski definition) is 3. The lowest BCUT2D eigenvalue weighted by Crippen LogP contribution is -1.99. The Morgan fingerprint density at radius 1 is 1.11 bits per heavy atom. The van der Waals surface area contributed by atoms with E-state index in [-0.39, 0.29) is 10.6 Å². The Hall–Kier alpha value is -1.52. The average molecular weight is 297 g/mol. The molecule has 0 amide bonds. The van der Waals surface area contributed by atoms with Crippen LogP contribution in [0.4, 0.5) is 0 Å². The highest BCUT2D eigenvalue weighted by atomic mass is 35.5. The van der Waals surface area contributed by atoms with E-state index >= 15 is 0 Å². The first kappa shape index (κ1) is 13.9. The molecule has 100 valence electrons. The summed E-state index contributed by atoms with van der Waals surface area (Å²) >= 11 is 6.04. The van der Waals surface area contributed by atoms with Gasteiger partial charge in [-0.1, -0.05) is 29.8 Å². The molecule has 0 aromatic heterocycles. The first-order chi connectivity index (χ1) is 8.80. The lowest BCUT2D eigenvalue weighted by atomic mass is 10.0. The summed E-state index contributed by atoms with van der Waals surface area (Å²) in [6.45, 7) is 1.77. The van der Waals surface area contributed by atoms with E-state index in [1.807, 2.05) is 0 Å². The van der Waals surface area contributed by atoms with Gasteiger partial charge in [-0.2, -0.15) is 0 Å². The zero-order valence-corrected chi connectivity index (χ0v) is 12.1. The largest absolute Gasteiger partial charge is 0.507 e. The molecular weight excluding hydrogens is 284 g/mol. The van der Waals surface area contributed by atoms with E-state index < -0.39 is 9.84 Å². The number of halogens is 1. The zero-order valence-electron chi connectivity index (χ0n) is 10.5. The van der Waals surface area contributed by atoms with Crippen LogP contribution >= 0.6 is 11.6 Å². The fourth-order valence-corrected chi connectivity index (χ4v) is 2.96. The van der Waals surface area contributed by atoms with Gasteiger partial charge in [0.15, 0.2) is 9.84 Å². The van der Waals surface area contributed by atoms with E-state index in [0.717, 1.165) is 11.8 Å². The van der Waals surface area contributed by atoms with Crippen molar-refractivity contribution in [3.8, 4) is 16.9 Å². The monoisotopic (exact) mass is 296 g/mol. The van der Waals surface area contributed by atoms with Crippen LogP contribution < -0.4 is 0 Å². The van der Waals surface area contributed by atoms with Gasteiger partial charge in [-0.15, -0.1) is 0 Å². The smallest absolute Gasteiger partial charge is 0.176 e. The van der Waals surface area contributed by atoms with Crippen molar-refractivity contribution in [3.63, 3.8) is 0 Å². The Labute approximate surface area is 117 Å². The van der Waals surface area contributed by atoms with Crippen LogP contribution in [0.5, 0.6) is 5.75 Å². The first-order valence-electron chi connectivity index (χ1n) is 5.59. The van der Waals surface area contributed by atoms with Gasteiger partial charge in [-0.3, -0.25) is 0 Å². The highest BCUT2D eigenvalue weighted by Crippen LogP contribution is 2.37. The van der Waals surface area contributed by atoms with E-state index in [1.54, 1.807) is 31.2 Å². The van der Waals surface area contributed by atoms with Crippen LogP contribution in [0.25, 0.3) is 11.1 Å². The van der Waals surface area contributed by atoms with Crippen LogP contribution in [0, 0.1) is 6.92 Å². The summed E-state index contributed by atoms with van der Waals surface area (Å²) in [6.07, 6.45) is 1.14. The van der Waals surface area contributed by atoms with Gasteiger partial charge in [0.25, 0.3) is 0 Å². The summed E-state index contributed by atoms with van der Waals surface area (Å²) < 4.78 is 23.6. The van der Waals surface area contributed by atoms with Crippen molar-refractivity contribution in [1.82, 2.24) is 0 Å². The molecule has 0 aliphatic rings. The number of hydrogen-bond donors (Lipinski definition) is 1. The Kier molecular flexibility index (Phi) is 3.56. The second kappa shape index (κ2) is 4.87. The minimum absolute atomic E-state index is 0.0120. The van der Waals surface area contributed by atoms with Crippen LogP contribution in [0.15, 0.2) is 41.3 Å². The maximum absolute atomic E-state index is 11.8. The zero-order chi connectivity index (χ0) is 14.2. The second-order valence-corrected chi connectivity index (χ2v) is 6.78. The normalized spacial score (nSPS) is 11.5. The minimum atomic E-state index is -3.38. The lowest BCUT2D eigenvalue weighted by molar-refractivity contribution is 0.477. The molecule has 2 rings (SSSR count). The Morgan fingerprint density at radius 2 is 1.74 bits per heavy atom. The Balaban J connectivity index is 2.77. The van der Waals surface area contributed by atoms with Crippen molar-refractivity contribution in [2.75, 3.05) is 6.26 Å². The summed E-state index contributed by atoms with van der Waals surface area (Å²) in [6, 6.07) is 9.63. The molecule has 5 heteroatoms. The van der Waals surface area contributed by atoms with Gasteiger partial charge < -0.3 is 5.11 Å². The average Bonchev–Trinajstić information content (AvgIpc) is 2.33. The molecule has 0 heterocycles. The summed E-state index contributed by atoms with van der Waals surface area (Å²) in [5, 5.41) is 10.5. The molecule has 0 aliphatic carbocycles. The van der Waals surface area contributed by atoms with Crippen LogP contribution in [0.3, 0.4) is 0 Å². The predicted molar refractivity (Wildman–Crippen MR) is 76.4 cm³/mol. The van der Waals surface area contributed by atoms with Crippen molar-refractivity contribution in [3.05, 3.63) is 47.0 Å². The number of aromatic hydroxyl groups is 1. The number of benzene rings is 2. The highest BCUT2D eigenvalue weighted by molar-refractivity contribution is 7.90. The lowest BCUT2D eigenvalue weighted by Gasteiger charge is -2.11. The molecule has 2 aromatic carbocycles. The van der Waals surface area contributed by atoms with Gasteiger partial charge >= 0.3 is 0 Å². The summed E-state index contributed by atoms with van der Waals surface area (Å²) in [5.74, 6) is 0.0120. The third kappa shape index (κ3) is 2.74. The molecule has 0 unspecified atom stereocenters. The molecule has 1 N–H and O–H groups in total. The number of sulfone groups is 1. The van der Waals surface area contributed by atoms with Crippen LogP contribution in [-0.4, -0.2) is 19.8 Å². The van der Waals surface area contributed by atoms with Crippen molar-refractivity contribution in [2.45, 2.75) is 11.8 Å². The summed E-state index contributed by atoms with van der Waals surface area (Å²) in [7, 11) is -3.38. The van der Waals surface area contributed by atoms with Gasteiger partial charge in [0.1, 0.15) is 5.75 Å². The number of aryl methyl sites for hydroxylation is 1. The number of phenolic OH excluding ortho intramolecular Hbond substituents is 1. The maximum Gasteiger partial charge on any atom is 0.176 e. The van der Waals surface area contributed by atoms with Crippen molar-refractivity contribution in [2.24, 2.45) is 0 Å². The minimum Gasteiger partial charge on any atom is -0.507 e. The molecule has 0 atom stereocenters. The molecule has 0 spiro atoms. The van der Waals surface area contributed by atoms with E-state index in [0.29, 0.717) is 16.1 Å². The van der Waals surface area contributed by atoms with Gasteiger partial charge in [0.2, 0.25) is 0 Å². The van der Waals surface area contributed by atoms with Gasteiger partial charge in [0.05, 0.1) is 4.90 Å². The number of rotatable bonds is 2. The van der Waals surface area contributed by atoms with Gasteiger partial charge in [0, 0.05) is 22.4 Å². The highest BCUT2D eigenvalue weighted by Gasteiger charge is 2.17. The SMILES string of the molecule is Cc1cc(O)c(-c2ccccc2S(C)(=O)=O)cc1Cl. The summed E-state index contributed by atoms with van der Waals surface area (Å²) in [5.41, 5.74) is 1.60. The van der Waals surface area contributed by atoms with Crippen molar-refractivity contribution < 1.29 is 13.5 Å². The Bertz CT molecular complexity index is 736. The molecule has 0 saturated carbocycles. The van der Waals surface area contributed by atoms with E-state index in [4.69, 9.17) is 11.6 Å². The van der Waals surface area contributed by atoms with E-state index in [1.165, 1.54) is 12.1 Å². The third-order valence-corrected chi connectivity index (χ3v) is 4.42. The first-order valence-corrected chi connectivity index (χ1v) is 7.86. The molecule has 19 heavy (non-hydrogen) atoms. The molecule has 0 bridgehead atoms. The topological polar surface area (TPSA) is 54.4 Å². The standard InChI is InChI=1S/C14H13ClO3S/c1-9-7-13(16)11(8-12(9)15)10-5-3-4-6-14(10)19(2,17)18/h3-8,16H,1-2H3. The quantitative estimate of drug-likeness (QED) is 0.924. The Morgan fingerprint density at radius 3 is 2.37 bits per heavy atom. The molecule has 0 fully saturated rings. The number of phenols is 1. The molecule has 3 nitrogen and oxygen atoms in total. The van der Waals surface area contributed by atoms with Crippen molar-refractivity contribution in [1.29, 1.82) is 0 Å². The second-order valence-electron chi connectivity index (χ2n) is 4.39. The third-order valence-electron chi connectivity index (χ3n) is 2.85. The van der Waals surface area contributed by atoms with E-state index in [9.17, 15) is 13.5 Å². The van der Waals surface area contributed by atoms with Gasteiger partial charge in [-0.05, 0) is 30.7 Å². The molecule has 2 aromatic rings.